The van der Waals surface area contributed by atoms with Gasteiger partial charge in [0.15, 0.2) is 10.4 Å². The van der Waals surface area contributed by atoms with Gasteiger partial charge < -0.3 is 14.6 Å². The average Bonchev–Trinajstić information content (AvgIpc) is 2.67. The van der Waals surface area contributed by atoms with Crippen molar-refractivity contribution in [3.63, 3.8) is 0 Å². The van der Waals surface area contributed by atoms with E-state index < -0.39 is 0 Å². The lowest BCUT2D eigenvalue weighted by molar-refractivity contribution is 0.000346. The standard InChI is InChI=1S/C11H13BrN2O2/c12-10-2-1-9(16-10)11(15)14-6-7-3-4-13-5-8(7)14/h1-2,7-8,13H,3-6H2. The molecule has 2 fully saturated rings. The van der Waals surface area contributed by atoms with Crippen molar-refractivity contribution in [1.82, 2.24) is 10.2 Å². The molecule has 0 aliphatic carbocycles. The molecule has 0 spiro atoms. The Kier molecular flexibility index (Phi) is 2.52. The second-order valence-electron chi connectivity index (χ2n) is 4.38. The van der Waals surface area contributed by atoms with Crippen LogP contribution in [0.1, 0.15) is 17.0 Å². The number of fused-ring (bicyclic) bond motifs is 1. The van der Waals surface area contributed by atoms with Crippen LogP contribution in [0.2, 0.25) is 0 Å². The van der Waals surface area contributed by atoms with Crippen LogP contribution < -0.4 is 5.32 Å². The van der Waals surface area contributed by atoms with Crippen molar-refractivity contribution in [2.24, 2.45) is 5.92 Å². The first kappa shape index (κ1) is 10.4. The minimum absolute atomic E-state index is 0.00986. The smallest absolute Gasteiger partial charge is 0.289 e. The molecule has 3 rings (SSSR count). The van der Waals surface area contributed by atoms with E-state index in [9.17, 15) is 4.79 Å². The van der Waals surface area contributed by atoms with E-state index in [1.54, 1.807) is 12.1 Å². The van der Waals surface area contributed by atoms with E-state index in [0.29, 0.717) is 22.4 Å². The van der Waals surface area contributed by atoms with Gasteiger partial charge >= 0.3 is 0 Å². The highest BCUT2D eigenvalue weighted by Crippen LogP contribution is 2.31. The fraction of sp³-hybridized carbons (Fsp3) is 0.545. The summed E-state index contributed by atoms with van der Waals surface area (Å²) < 4.78 is 5.89. The summed E-state index contributed by atoms with van der Waals surface area (Å²) in [5.41, 5.74) is 0. The number of carbonyl (C=O) groups excluding carboxylic acids is 1. The summed E-state index contributed by atoms with van der Waals surface area (Å²) in [6.07, 6.45) is 1.18. The maximum Gasteiger partial charge on any atom is 0.289 e. The van der Waals surface area contributed by atoms with E-state index in [1.165, 1.54) is 6.42 Å². The highest BCUT2D eigenvalue weighted by atomic mass is 79.9. The molecule has 86 valence electrons. The van der Waals surface area contributed by atoms with E-state index in [0.717, 1.165) is 19.6 Å². The van der Waals surface area contributed by atoms with Crippen LogP contribution in [0, 0.1) is 5.92 Å². The molecular weight excluding hydrogens is 272 g/mol. The third-order valence-corrected chi connectivity index (χ3v) is 3.89. The van der Waals surface area contributed by atoms with Crippen LogP contribution in [-0.4, -0.2) is 36.5 Å². The van der Waals surface area contributed by atoms with Gasteiger partial charge in [0.05, 0.1) is 0 Å². The zero-order valence-electron chi connectivity index (χ0n) is 8.78. The Bertz CT molecular complexity index is 418. The number of halogens is 1. The Morgan fingerprint density at radius 1 is 1.56 bits per heavy atom. The Labute approximate surface area is 102 Å². The number of likely N-dealkylation sites (tertiary alicyclic amines) is 1. The largest absolute Gasteiger partial charge is 0.444 e. The molecule has 2 unspecified atom stereocenters. The van der Waals surface area contributed by atoms with E-state index in [1.807, 2.05) is 4.90 Å². The molecule has 16 heavy (non-hydrogen) atoms. The van der Waals surface area contributed by atoms with Gasteiger partial charge in [-0.1, -0.05) is 0 Å². The van der Waals surface area contributed by atoms with Gasteiger partial charge in [-0.25, -0.2) is 0 Å². The summed E-state index contributed by atoms with van der Waals surface area (Å²) in [6.45, 7) is 2.87. The zero-order valence-corrected chi connectivity index (χ0v) is 10.4. The van der Waals surface area contributed by atoms with Crippen molar-refractivity contribution >= 4 is 21.8 Å². The third-order valence-electron chi connectivity index (χ3n) is 3.47. The molecule has 0 aromatic carbocycles. The van der Waals surface area contributed by atoms with Gasteiger partial charge in [-0.3, -0.25) is 4.79 Å². The molecule has 1 aromatic heterocycles. The highest BCUT2D eigenvalue weighted by molar-refractivity contribution is 9.10. The van der Waals surface area contributed by atoms with E-state index in [2.05, 4.69) is 21.2 Å². The quantitative estimate of drug-likeness (QED) is 0.850. The van der Waals surface area contributed by atoms with Crippen molar-refractivity contribution in [3.8, 4) is 0 Å². The molecule has 1 N–H and O–H groups in total. The van der Waals surface area contributed by atoms with Gasteiger partial charge in [-0.05, 0) is 46.9 Å². The molecule has 4 nitrogen and oxygen atoms in total. The third kappa shape index (κ3) is 1.58. The lowest BCUT2D eigenvalue weighted by atomic mass is 9.83. The predicted octanol–water partition coefficient (Wildman–Crippen LogP) is 1.48. The number of amides is 1. The highest BCUT2D eigenvalue weighted by Gasteiger charge is 2.43. The van der Waals surface area contributed by atoms with Crippen LogP contribution in [0.5, 0.6) is 0 Å². The lowest BCUT2D eigenvalue weighted by Crippen LogP contribution is -2.65. The maximum absolute atomic E-state index is 12.1. The molecular formula is C11H13BrN2O2. The second kappa shape index (κ2) is 3.89. The molecule has 3 heterocycles. The van der Waals surface area contributed by atoms with Gasteiger partial charge in [0.25, 0.3) is 5.91 Å². The zero-order chi connectivity index (χ0) is 11.1. The van der Waals surface area contributed by atoms with Gasteiger partial charge in [-0.15, -0.1) is 0 Å². The van der Waals surface area contributed by atoms with E-state index in [-0.39, 0.29) is 5.91 Å². The molecule has 5 heteroatoms. The number of hydrogen-bond acceptors (Lipinski definition) is 3. The Balaban J connectivity index is 1.72. The number of nitrogens with one attached hydrogen (secondary N) is 1. The first-order valence-electron chi connectivity index (χ1n) is 5.53. The normalized spacial score (nSPS) is 28.4. The van der Waals surface area contributed by atoms with Gasteiger partial charge in [0, 0.05) is 19.1 Å². The SMILES string of the molecule is O=C(c1ccc(Br)o1)N1CC2CCNCC21. The number of nitrogens with zero attached hydrogens (tertiary/aromatic N) is 1. The first-order chi connectivity index (χ1) is 7.75. The summed E-state index contributed by atoms with van der Waals surface area (Å²) in [5.74, 6) is 1.12. The van der Waals surface area contributed by atoms with Crippen LogP contribution >= 0.6 is 15.9 Å². The number of hydrogen-bond donors (Lipinski definition) is 1. The molecule has 0 radical (unpaired) electrons. The fourth-order valence-electron chi connectivity index (χ4n) is 2.53. The summed E-state index contributed by atoms with van der Waals surface area (Å²) in [6, 6.07) is 3.84. The molecule has 2 atom stereocenters. The molecule has 0 saturated carbocycles. The van der Waals surface area contributed by atoms with Crippen LogP contribution in [-0.2, 0) is 0 Å². The maximum atomic E-state index is 12.1. The van der Waals surface area contributed by atoms with Crippen molar-refractivity contribution < 1.29 is 9.21 Å². The van der Waals surface area contributed by atoms with E-state index >= 15 is 0 Å². The molecule has 2 aliphatic heterocycles. The number of piperidine rings is 1. The van der Waals surface area contributed by atoms with Crippen LogP contribution in [0.3, 0.4) is 0 Å². The monoisotopic (exact) mass is 284 g/mol. The summed E-state index contributed by atoms with van der Waals surface area (Å²) >= 11 is 3.21. The van der Waals surface area contributed by atoms with Crippen LogP contribution in [0.15, 0.2) is 21.2 Å². The Morgan fingerprint density at radius 2 is 2.44 bits per heavy atom. The molecule has 2 saturated heterocycles. The summed E-state index contributed by atoms with van der Waals surface area (Å²) in [5, 5.41) is 3.32. The van der Waals surface area contributed by atoms with Crippen molar-refractivity contribution in [3.05, 3.63) is 22.6 Å². The molecule has 1 amide bonds. The molecule has 0 bridgehead atoms. The van der Waals surface area contributed by atoms with Crippen LogP contribution in [0.4, 0.5) is 0 Å². The van der Waals surface area contributed by atoms with Gasteiger partial charge in [0.1, 0.15) is 0 Å². The lowest BCUT2D eigenvalue weighted by Gasteiger charge is -2.50. The predicted molar refractivity (Wildman–Crippen MR) is 62.2 cm³/mol. The first-order valence-corrected chi connectivity index (χ1v) is 6.32. The Morgan fingerprint density at radius 3 is 3.12 bits per heavy atom. The van der Waals surface area contributed by atoms with E-state index in [4.69, 9.17) is 4.42 Å². The molecule has 1 aromatic rings. The number of rotatable bonds is 1. The second-order valence-corrected chi connectivity index (χ2v) is 5.16. The van der Waals surface area contributed by atoms with Crippen molar-refractivity contribution in [1.29, 1.82) is 0 Å². The topological polar surface area (TPSA) is 45.5 Å². The molecule has 2 aliphatic rings. The fourth-order valence-corrected chi connectivity index (χ4v) is 2.84. The van der Waals surface area contributed by atoms with Crippen molar-refractivity contribution in [2.75, 3.05) is 19.6 Å². The van der Waals surface area contributed by atoms with Crippen molar-refractivity contribution in [2.45, 2.75) is 12.5 Å². The number of carbonyl (C=O) groups is 1. The number of furan rings is 1. The minimum atomic E-state index is 0.00986. The summed E-state index contributed by atoms with van der Waals surface area (Å²) in [7, 11) is 0. The Hall–Kier alpha value is -0.810. The van der Waals surface area contributed by atoms with Gasteiger partial charge in [0.2, 0.25) is 0 Å². The van der Waals surface area contributed by atoms with Crippen LogP contribution in [0.25, 0.3) is 0 Å². The summed E-state index contributed by atoms with van der Waals surface area (Å²) in [4.78, 5) is 14.0. The average molecular weight is 285 g/mol. The minimum Gasteiger partial charge on any atom is -0.444 e. The van der Waals surface area contributed by atoms with Gasteiger partial charge in [-0.2, -0.15) is 0 Å².